The monoisotopic (exact) mass is 349 g/mol. The second-order valence-corrected chi connectivity index (χ2v) is 6.48. The third kappa shape index (κ3) is 8.19. The fraction of sp³-hybridized carbons (Fsp3) is 0.500. The van der Waals surface area contributed by atoms with Crippen molar-refractivity contribution in [2.24, 2.45) is 11.8 Å². The highest BCUT2D eigenvalue weighted by Crippen LogP contribution is 2.04. The molecule has 0 radical (unpaired) electrons. The number of carbonyl (C=O) groups is 3. The Morgan fingerprint density at radius 2 is 1.68 bits per heavy atom. The minimum Gasteiger partial charge on any atom is -0.481 e. The summed E-state index contributed by atoms with van der Waals surface area (Å²) in [7, 11) is 0. The molecule has 0 aliphatic carbocycles. The number of hydrogen-bond acceptors (Lipinski definition) is 3. The van der Waals surface area contributed by atoms with Crippen LogP contribution in [0.3, 0.4) is 0 Å². The van der Waals surface area contributed by atoms with Gasteiger partial charge in [-0.25, -0.2) is 4.79 Å². The highest BCUT2D eigenvalue weighted by Gasteiger charge is 2.24. The van der Waals surface area contributed by atoms with Crippen molar-refractivity contribution in [3.05, 3.63) is 35.9 Å². The zero-order valence-electron chi connectivity index (χ0n) is 14.9. The molecule has 1 rings (SSSR count). The van der Waals surface area contributed by atoms with Gasteiger partial charge in [-0.15, -0.1) is 0 Å². The van der Waals surface area contributed by atoms with Crippen LogP contribution in [0.25, 0.3) is 0 Å². The van der Waals surface area contributed by atoms with Gasteiger partial charge in [0.2, 0.25) is 5.91 Å². The second kappa shape index (κ2) is 10.3. The van der Waals surface area contributed by atoms with E-state index >= 15 is 0 Å². The van der Waals surface area contributed by atoms with Crippen LogP contribution in [0.2, 0.25) is 0 Å². The zero-order chi connectivity index (χ0) is 18.8. The average molecular weight is 349 g/mol. The molecule has 1 aromatic rings. The summed E-state index contributed by atoms with van der Waals surface area (Å²) >= 11 is 0. The van der Waals surface area contributed by atoms with E-state index in [-0.39, 0.29) is 30.7 Å². The summed E-state index contributed by atoms with van der Waals surface area (Å²) in [4.78, 5) is 35.0. The quantitative estimate of drug-likeness (QED) is 0.544. The summed E-state index contributed by atoms with van der Waals surface area (Å²) in [6.07, 6.45) is -0.0163. The van der Waals surface area contributed by atoms with Crippen LogP contribution in [-0.4, -0.2) is 35.6 Å². The molecule has 3 amide bonds. The number of carboxylic acids is 1. The van der Waals surface area contributed by atoms with Crippen molar-refractivity contribution in [1.82, 2.24) is 16.0 Å². The Morgan fingerprint density at radius 3 is 2.24 bits per heavy atom. The summed E-state index contributed by atoms with van der Waals surface area (Å²) in [5.74, 6) is -1.50. The van der Waals surface area contributed by atoms with Crippen molar-refractivity contribution in [1.29, 1.82) is 0 Å². The third-order valence-corrected chi connectivity index (χ3v) is 3.68. The first-order valence-corrected chi connectivity index (χ1v) is 8.37. The van der Waals surface area contributed by atoms with E-state index in [0.29, 0.717) is 6.54 Å². The van der Waals surface area contributed by atoms with Crippen molar-refractivity contribution in [2.75, 3.05) is 6.54 Å². The standard InChI is InChI=1S/C18H27N3O4/c1-12(2)16(17(24)19-10-13(3)9-15(22)23)21-18(25)20-11-14-7-5-4-6-8-14/h4-8,12-13,16H,9-11H2,1-3H3,(H,19,24)(H,22,23)(H2,20,21,25). The fourth-order valence-corrected chi connectivity index (χ4v) is 2.26. The van der Waals surface area contributed by atoms with Gasteiger partial charge in [0.1, 0.15) is 6.04 Å². The van der Waals surface area contributed by atoms with E-state index in [0.717, 1.165) is 5.56 Å². The molecule has 0 aromatic heterocycles. The summed E-state index contributed by atoms with van der Waals surface area (Å²) in [5.41, 5.74) is 0.964. The van der Waals surface area contributed by atoms with Crippen LogP contribution in [0.4, 0.5) is 4.79 Å². The minimum absolute atomic E-state index is 0.0163. The van der Waals surface area contributed by atoms with Crippen molar-refractivity contribution in [3.63, 3.8) is 0 Å². The second-order valence-electron chi connectivity index (χ2n) is 6.48. The van der Waals surface area contributed by atoms with Crippen LogP contribution in [0, 0.1) is 11.8 Å². The van der Waals surface area contributed by atoms with E-state index in [1.807, 2.05) is 44.2 Å². The summed E-state index contributed by atoms with van der Waals surface area (Å²) in [5, 5.41) is 16.8. The Kier molecular flexibility index (Phi) is 8.46. The van der Waals surface area contributed by atoms with Gasteiger partial charge in [0, 0.05) is 19.5 Å². The number of rotatable bonds is 9. The van der Waals surface area contributed by atoms with Gasteiger partial charge in [-0.2, -0.15) is 0 Å². The molecule has 4 N–H and O–H groups in total. The van der Waals surface area contributed by atoms with Crippen LogP contribution >= 0.6 is 0 Å². The van der Waals surface area contributed by atoms with E-state index in [1.165, 1.54) is 0 Å². The maximum Gasteiger partial charge on any atom is 0.315 e. The highest BCUT2D eigenvalue weighted by atomic mass is 16.4. The van der Waals surface area contributed by atoms with Crippen molar-refractivity contribution < 1.29 is 19.5 Å². The largest absolute Gasteiger partial charge is 0.481 e. The molecule has 2 atom stereocenters. The Hall–Kier alpha value is -2.57. The third-order valence-electron chi connectivity index (χ3n) is 3.68. The zero-order valence-corrected chi connectivity index (χ0v) is 14.9. The lowest BCUT2D eigenvalue weighted by Gasteiger charge is -2.22. The van der Waals surface area contributed by atoms with Gasteiger partial charge < -0.3 is 21.1 Å². The van der Waals surface area contributed by atoms with Crippen molar-refractivity contribution in [3.8, 4) is 0 Å². The first-order chi connectivity index (χ1) is 11.8. The van der Waals surface area contributed by atoms with E-state index in [4.69, 9.17) is 5.11 Å². The molecule has 0 aliphatic rings. The molecule has 7 heteroatoms. The number of hydrogen-bond donors (Lipinski definition) is 4. The first kappa shape index (κ1) is 20.5. The molecule has 2 unspecified atom stereocenters. The molecule has 7 nitrogen and oxygen atoms in total. The van der Waals surface area contributed by atoms with Gasteiger partial charge in [0.15, 0.2) is 0 Å². The Labute approximate surface area is 148 Å². The predicted octanol–water partition coefficient (Wildman–Crippen LogP) is 1.74. The number of carboxylic acid groups (broad SMARTS) is 1. The molecule has 0 heterocycles. The van der Waals surface area contributed by atoms with Crippen LogP contribution in [0.1, 0.15) is 32.8 Å². The lowest BCUT2D eigenvalue weighted by molar-refractivity contribution is -0.138. The molecule has 25 heavy (non-hydrogen) atoms. The normalized spacial score (nSPS) is 13.0. The van der Waals surface area contributed by atoms with Gasteiger partial charge in [-0.3, -0.25) is 9.59 Å². The van der Waals surface area contributed by atoms with E-state index in [1.54, 1.807) is 6.92 Å². The van der Waals surface area contributed by atoms with Gasteiger partial charge >= 0.3 is 12.0 Å². The van der Waals surface area contributed by atoms with Crippen molar-refractivity contribution in [2.45, 2.75) is 39.8 Å². The highest BCUT2D eigenvalue weighted by molar-refractivity contribution is 5.87. The molecular weight excluding hydrogens is 322 g/mol. The minimum atomic E-state index is -0.902. The SMILES string of the molecule is CC(CNC(=O)C(NC(=O)NCc1ccccc1)C(C)C)CC(=O)O. The maximum absolute atomic E-state index is 12.3. The number of nitrogens with one attached hydrogen (secondary N) is 3. The molecular formula is C18H27N3O4. The molecule has 0 aliphatic heterocycles. The lowest BCUT2D eigenvalue weighted by atomic mass is 10.0. The van der Waals surface area contributed by atoms with Crippen molar-refractivity contribution >= 4 is 17.9 Å². The molecule has 0 fully saturated rings. The van der Waals surface area contributed by atoms with Gasteiger partial charge in [0.05, 0.1) is 0 Å². The van der Waals surface area contributed by atoms with Crippen LogP contribution in [-0.2, 0) is 16.1 Å². The molecule has 0 saturated heterocycles. The van der Waals surface area contributed by atoms with Crippen LogP contribution < -0.4 is 16.0 Å². The van der Waals surface area contributed by atoms with Crippen LogP contribution in [0.5, 0.6) is 0 Å². The number of benzene rings is 1. The molecule has 1 aromatic carbocycles. The van der Waals surface area contributed by atoms with E-state index < -0.39 is 18.0 Å². The molecule has 0 spiro atoms. The predicted molar refractivity (Wildman–Crippen MR) is 94.9 cm³/mol. The van der Waals surface area contributed by atoms with Gasteiger partial charge in [-0.1, -0.05) is 51.1 Å². The fourth-order valence-electron chi connectivity index (χ4n) is 2.26. The summed E-state index contributed by atoms with van der Waals surface area (Å²) in [6.45, 7) is 6.04. The topological polar surface area (TPSA) is 108 Å². The van der Waals surface area contributed by atoms with E-state index in [2.05, 4.69) is 16.0 Å². The lowest BCUT2D eigenvalue weighted by Crippen LogP contribution is -2.52. The molecule has 0 saturated carbocycles. The number of amides is 3. The molecule has 138 valence electrons. The van der Waals surface area contributed by atoms with Gasteiger partial charge in [0.25, 0.3) is 0 Å². The number of urea groups is 1. The number of aliphatic carboxylic acids is 1. The summed E-state index contributed by atoms with van der Waals surface area (Å²) in [6, 6.07) is 8.36. The Morgan fingerprint density at radius 1 is 1.04 bits per heavy atom. The van der Waals surface area contributed by atoms with E-state index in [9.17, 15) is 14.4 Å². The summed E-state index contributed by atoms with van der Waals surface area (Å²) < 4.78 is 0. The van der Waals surface area contributed by atoms with Crippen LogP contribution in [0.15, 0.2) is 30.3 Å². The number of carbonyl (C=O) groups excluding carboxylic acids is 2. The Balaban J connectivity index is 2.47. The maximum atomic E-state index is 12.3. The molecule has 0 bridgehead atoms. The first-order valence-electron chi connectivity index (χ1n) is 8.37. The Bertz CT molecular complexity index is 575. The van der Waals surface area contributed by atoms with Gasteiger partial charge in [-0.05, 0) is 17.4 Å². The smallest absolute Gasteiger partial charge is 0.315 e. The average Bonchev–Trinajstić information content (AvgIpc) is 2.55.